The highest BCUT2D eigenvalue weighted by atomic mass is 32.2. The molecule has 0 aliphatic carbocycles. The molecule has 0 spiro atoms. The summed E-state index contributed by atoms with van der Waals surface area (Å²) in [5.41, 5.74) is 0. The predicted molar refractivity (Wildman–Crippen MR) is 33.2 cm³/mol. The molecule has 0 aromatic heterocycles. The fourth-order valence-electron chi connectivity index (χ4n) is 0.221. The highest BCUT2D eigenvalue weighted by Gasteiger charge is 1.90. The van der Waals surface area contributed by atoms with E-state index >= 15 is 0 Å². The monoisotopic (exact) mass is 164 g/mol. The second-order valence-corrected chi connectivity index (χ2v) is 1.86. The lowest BCUT2D eigenvalue weighted by molar-refractivity contribution is -0.117. The van der Waals surface area contributed by atoms with E-state index in [0.29, 0.717) is 0 Å². The van der Waals surface area contributed by atoms with Gasteiger partial charge in [-0.25, -0.2) is 4.21 Å². The van der Waals surface area contributed by atoms with Crippen molar-refractivity contribution in [2.24, 2.45) is 0 Å². The second kappa shape index (κ2) is 5.10. The van der Waals surface area contributed by atoms with E-state index in [1.165, 1.54) is 0 Å². The van der Waals surface area contributed by atoms with Crippen LogP contribution in [-0.2, 0) is 20.3 Å². The van der Waals surface area contributed by atoms with Crippen LogP contribution in [0.25, 0.3) is 0 Å². The summed E-state index contributed by atoms with van der Waals surface area (Å²) in [5, 5.41) is 2.09. The molecule has 0 aliphatic rings. The van der Waals surface area contributed by atoms with E-state index < -0.39 is 17.3 Å². The zero-order valence-corrected chi connectivity index (χ0v) is 5.85. The lowest BCUT2D eigenvalue weighted by atomic mass is 10.6. The van der Waals surface area contributed by atoms with Crippen molar-refractivity contribution in [3.05, 3.63) is 12.7 Å². The molecule has 10 heavy (non-hydrogen) atoms. The fourth-order valence-corrected chi connectivity index (χ4v) is 0.376. The van der Waals surface area contributed by atoms with E-state index in [0.717, 1.165) is 6.08 Å². The Morgan fingerprint density at radius 1 is 1.90 bits per heavy atom. The molecule has 0 aromatic rings. The van der Waals surface area contributed by atoms with Crippen LogP contribution in [0.1, 0.15) is 0 Å². The smallest absolute Gasteiger partial charge is 0.245 e. The average molecular weight is 164 g/mol. The van der Waals surface area contributed by atoms with Gasteiger partial charge in [-0.3, -0.25) is 8.98 Å². The molecule has 1 N–H and O–H groups in total. The Labute approximate surface area is 60.6 Å². The number of carbonyl (C=O) groups excluding carboxylic acids is 1. The molecule has 0 radical (unpaired) electrons. The van der Waals surface area contributed by atoms with E-state index in [-0.39, 0.29) is 6.73 Å². The van der Waals surface area contributed by atoms with Gasteiger partial charge in [0.05, 0.1) is 11.4 Å². The largest absolute Gasteiger partial charge is 0.750 e. The van der Waals surface area contributed by atoms with E-state index in [1.54, 1.807) is 0 Å². The van der Waals surface area contributed by atoms with Crippen LogP contribution in [0.5, 0.6) is 0 Å². The minimum atomic E-state index is -2.58. The van der Waals surface area contributed by atoms with Crippen molar-refractivity contribution in [3.8, 4) is 0 Å². The molecule has 58 valence electrons. The number of nitrogens with one attached hydrogen (secondary N) is 1. The molecule has 0 rings (SSSR count). The molecular weight excluding hydrogens is 158 g/mol. The zero-order valence-electron chi connectivity index (χ0n) is 5.03. The third-order valence-corrected chi connectivity index (χ3v) is 0.897. The number of amides is 1. The SMILES string of the molecule is C=CC(=O)NCOS(=O)[O-]. The summed E-state index contributed by atoms with van der Waals surface area (Å²) in [7, 11) is 0. The van der Waals surface area contributed by atoms with Crippen LogP contribution in [0.2, 0.25) is 0 Å². The molecule has 0 aliphatic heterocycles. The summed E-state index contributed by atoms with van der Waals surface area (Å²) in [6.45, 7) is 2.78. The molecule has 0 bridgehead atoms. The summed E-state index contributed by atoms with van der Waals surface area (Å²) < 4.78 is 23.3. The van der Waals surface area contributed by atoms with Gasteiger partial charge in [0.1, 0.15) is 6.73 Å². The van der Waals surface area contributed by atoms with Gasteiger partial charge in [-0.2, -0.15) is 0 Å². The second-order valence-electron chi connectivity index (χ2n) is 1.21. The first-order valence-electron chi connectivity index (χ1n) is 2.29. The van der Waals surface area contributed by atoms with Gasteiger partial charge in [0, 0.05) is 0 Å². The Bertz CT molecular complexity index is 157. The average Bonchev–Trinajstić information content (AvgIpc) is 1.87. The molecule has 0 aromatic carbocycles. The summed E-state index contributed by atoms with van der Waals surface area (Å²) in [6, 6.07) is 0. The van der Waals surface area contributed by atoms with Crippen molar-refractivity contribution < 1.29 is 17.7 Å². The molecule has 6 heteroatoms. The van der Waals surface area contributed by atoms with Crippen LogP contribution >= 0.6 is 0 Å². The van der Waals surface area contributed by atoms with Crippen molar-refractivity contribution in [1.29, 1.82) is 0 Å². The van der Waals surface area contributed by atoms with E-state index in [4.69, 9.17) is 0 Å². The highest BCUT2D eigenvalue weighted by molar-refractivity contribution is 7.74. The molecule has 1 unspecified atom stereocenters. The number of carbonyl (C=O) groups is 1. The van der Waals surface area contributed by atoms with Gasteiger partial charge in [-0.1, -0.05) is 6.58 Å². The Balaban J connectivity index is 3.28. The molecule has 1 atom stereocenters. The van der Waals surface area contributed by atoms with Gasteiger partial charge in [0.2, 0.25) is 5.91 Å². The zero-order chi connectivity index (χ0) is 7.98. The Morgan fingerprint density at radius 3 is 2.90 bits per heavy atom. The van der Waals surface area contributed by atoms with Crippen LogP contribution in [0.4, 0.5) is 0 Å². The Morgan fingerprint density at radius 2 is 2.50 bits per heavy atom. The highest BCUT2D eigenvalue weighted by Crippen LogP contribution is 1.74. The van der Waals surface area contributed by atoms with Crippen molar-refractivity contribution in [2.75, 3.05) is 6.73 Å². The molecule has 0 fully saturated rings. The van der Waals surface area contributed by atoms with Crippen molar-refractivity contribution in [2.45, 2.75) is 0 Å². The maximum Gasteiger partial charge on any atom is 0.245 e. The van der Waals surface area contributed by atoms with E-state index in [2.05, 4.69) is 16.1 Å². The van der Waals surface area contributed by atoms with Gasteiger partial charge in [0.25, 0.3) is 0 Å². The lowest BCUT2D eigenvalue weighted by Gasteiger charge is -2.04. The maximum atomic E-state index is 10.3. The minimum absolute atomic E-state index is 0.360. The first-order chi connectivity index (χ1) is 4.66. The maximum absolute atomic E-state index is 10.3. The number of rotatable bonds is 4. The van der Waals surface area contributed by atoms with Crippen molar-refractivity contribution in [3.63, 3.8) is 0 Å². The van der Waals surface area contributed by atoms with Gasteiger partial charge < -0.3 is 9.87 Å². The Kier molecular flexibility index (Phi) is 4.73. The molecule has 0 saturated heterocycles. The third-order valence-electron chi connectivity index (χ3n) is 0.587. The summed E-state index contributed by atoms with van der Waals surface area (Å²) >= 11 is -2.58. The molecule has 1 amide bonds. The van der Waals surface area contributed by atoms with E-state index in [9.17, 15) is 13.6 Å². The van der Waals surface area contributed by atoms with Gasteiger partial charge >= 0.3 is 0 Å². The number of hydrogen-bond acceptors (Lipinski definition) is 4. The summed E-state index contributed by atoms with van der Waals surface area (Å²) in [5.74, 6) is -0.481. The minimum Gasteiger partial charge on any atom is -0.750 e. The van der Waals surface area contributed by atoms with Gasteiger partial charge in [-0.05, 0) is 6.08 Å². The normalized spacial score (nSPS) is 12.1. The fraction of sp³-hybridized carbons (Fsp3) is 0.250. The number of hydrogen-bond donors (Lipinski definition) is 1. The molecular formula is C4H6NO4S-. The molecule has 0 heterocycles. The van der Waals surface area contributed by atoms with Crippen LogP contribution in [0.3, 0.4) is 0 Å². The van der Waals surface area contributed by atoms with Gasteiger partial charge in [0.15, 0.2) is 0 Å². The quantitative estimate of drug-likeness (QED) is 0.330. The summed E-state index contributed by atoms with van der Waals surface area (Å²) in [4.78, 5) is 10.3. The summed E-state index contributed by atoms with van der Waals surface area (Å²) in [6.07, 6.45) is 1.01. The first kappa shape index (κ1) is 9.28. The first-order valence-corrected chi connectivity index (χ1v) is 3.29. The predicted octanol–water partition coefficient (Wildman–Crippen LogP) is -0.943. The van der Waals surface area contributed by atoms with Crippen molar-refractivity contribution >= 4 is 17.3 Å². The van der Waals surface area contributed by atoms with Crippen LogP contribution in [0, 0.1) is 0 Å². The standard InChI is InChI=1S/C4H7NO4S/c1-2-4(6)5-3-9-10(7)8/h2H,1,3H2,(H,5,6)(H,7,8)/p-1. The van der Waals surface area contributed by atoms with E-state index in [1.807, 2.05) is 0 Å². The molecule has 5 nitrogen and oxygen atoms in total. The lowest BCUT2D eigenvalue weighted by Crippen LogP contribution is -2.24. The van der Waals surface area contributed by atoms with Crippen LogP contribution in [-0.4, -0.2) is 21.4 Å². The third kappa shape index (κ3) is 5.42. The topological polar surface area (TPSA) is 78.5 Å². The van der Waals surface area contributed by atoms with Crippen molar-refractivity contribution in [1.82, 2.24) is 5.32 Å². The Hall–Kier alpha value is -0.720. The molecule has 0 saturated carbocycles. The van der Waals surface area contributed by atoms with Gasteiger partial charge in [-0.15, -0.1) is 0 Å². The van der Waals surface area contributed by atoms with Crippen LogP contribution < -0.4 is 5.32 Å². The van der Waals surface area contributed by atoms with Crippen LogP contribution in [0.15, 0.2) is 12.7 Å².